The number of fused-ring (bicyclic) bond motifs is 1. The average Bonchev–Trinajstić information content (AvgIpc) is 3.49. The number of carbonyl (C=O) groups excluding carboxylic acids is 1. The molecule has 5 rings (SSSR count). The number of cyclic esters (lactones) is 1. The molecule has 2 aliphatic rings. The molecule has 0 amide bonds. The third kappa shape index (κ3) is 4.81. The molecule has 1 saturated carbocycles. The van der Waals surface area contributed by atoms with Gasteiger partial charge in [0.1, 0.15) is 22.0 Å². The quantitative estimate of drug-likeness (QED) is 0.314. The number of aliphatic hydroxyl groups is 1. The van der Waals surface area contributed by atoms with E-state index in [4.69, 9.17) is 32.7 Å². The number of hydrogen-bond acceptors (Lipinski definition) is 6. The molecule has 2 heterocycles. The lowest BCUT2D eigenvalue weighted by Gasteiger charge is -2.41. The number of thioether (sulfide) groups is 1. The number of carbonyl (C=O) groups is 1. The number of rotatable bonds is 7. The smallest absolute Gasteiger partial charge is 0.349 e. The summed E-state index contributed by atoms with van der Waals surface area (Å²) in [5.41, 5.74) is 1.92. The number of imidazole rings is 1. The fourth-order valence-electron chi connectivity index (χ4n) is 5.43. The second kappa shape index (κ2) is 10.2. The van der Waals surface area contributed by atoms with E-state index in [-0.39, 0.29) is 16.6 Å². The van der Waals surface area contributed by atoms with E-state index >= 15 is 0 Å². The lowest BCUT2D eigenvalue weighted by Crippen LogP contribution is -2.45. The minimum atomic E-state index is -0.742. The molecule has 1 unspecified atom stereocenters. The standard InChI is InChI=1S/C27H28Cl2N2O4S/c1-31-21-9-8-18(28)14-20(21)30-26(31)36-24-22(32)15-27(35-25(24)33,17-5-3-4-6-17)12-11-16-7-10-23(34-2)19(29)13-16/h7-10,13-14,17,32H,3-6,11-12,15H2,1-2H3. The first-order valence-corrected chi connectivity index (χ1v) is 13.6. The molecular formula is C27H28Cl2N2O4S. The van der Waals surface area contributed by atoms with Crippen molar-refractivity contribution in [1.82, 2.24) is 9.55 Å². The topological polar surface area (TPSA) is 73.6 Å². The molecule has 1 fully saturated rings. The van der Waals surface area contributed by atoms with E-state index in [2.05, 4.69) is 4.98 Å². The highest BCUT2D eigenvalue weighted by atomic mass is 35.5. The Labute approximate surface area is 224 Å². The monoisotopic (exact) mass is 546 g/mol. The molecule has 6 nitrogen and oxygen atoms in total. The van der Waals surface area contributed by atoms with Crippen LogP contribution in [0.15, 0.2) is 52.2 Å². The molecule has 1 aliphatic heterocycles. The van der Waals surface area contributed by atoms with Gasteiger partial charge in [0.25, 0.3) is 0 Å². The zero-order chi connectivity index (χ0) is 25.4. The number of hydrogen-bond donors (Lipinski definition) is 1. The van der Waals surface area contributed by atoms with Crippen LogP contribution in [-0.4, -0.2) is 33.3 Å². The van der Waals surface area contributed by atoms with Crippen molar-refractivity contribution in [2.75, 3.05) is 7.11 Å². The summed E-state index contributed by atoms with van der Waals surface area (Å²) in [5.74, 6) is 0.415. The number of aliphatic hydroxyl groups excluding tert-OH is 1. The van der Waals surface area contributed by atoms with Crippen molar-refractivity contribution in [3.63, 3.8) is 0 Å². The van der Waals surface area contributed by atoms with E-state index in [0.29, 0.717) is 40.2 Å². The van der Waals surface area contributed by atoms with Crippen molar-refractivity contribution < 1.29 is 19.4 Å². The van der Waals surface area contributed by atoms with Crippen molar-refractivity contribution in [1.29, 1.82) is 0 Å². The van der Waals surface area contributed by atoms with Crippen molar-refractivity contribution >= 4 is 52.0 Å². The maximum atomic E-state index is 13.4. The van der Waals surface area contributed by atoms with Crippen LogP contribution in [0.4, 0.5) is 0 Å². The molecule has 0 saturated heterocycles. The fourth-order valence-corrected chi connectivity index (χ4v) is 6.75. The second-order valence-electron chi connectivity index (χ2n) is 9.55. The van der Waals surface area contributed by atoms with Crippen molar-refractivity contribution in [3.8, 4) is 5.75 Å². The second-order valence-corrected chi connectivity index (χ2v) is 11.4. The first-order chi connectivity index (χ1) is 17.3. The normalized spacial score (nSPS) is 20.8. The molecule has 36 heavy (non-hydrogen) atoms. The summed E-state index contributed by atoms with van der Waals surface area (Å²) in [6.07, 6.45) is 5.76. The maximum absolute atomic E-state index is 13.4. The Bertz CT molecular complexity index is 1350. The van der Waals surface area contributed by atoms with Gasteiger partial charge in [-0.1, -0.05) is 42.1 Å². The molecule has 1 aromatic heterocycles. The number of esters is 1. The third-order valence-electron chi connectivity index (χ3n) is 7.36. The zero-order valence-corrected chi connectivity index (χ0v) is 22.6. The van der Waals surface area contributed by atoms with Crippen molar-refractivity contribution in [2.24, 2.45) is 13.0 Å². The van der Waals surface area contributed by atoms with Crippen LogP contribution in [0.1, 0.15) is 44.1 Å². The van der Waals surface area contributed by atoms with Crippen LogP contribution < -0.4 is 4.74 Å². The Hall–Kier alpha value is -2.35. The van der Waals surface area contributed by atoms with Gasteiger partial charge < -0.3 is 19.1 Å². The minimum absolute atomic E-state index is 0.0704. The van der Waals surface area contributed by atoms with Crippen LogP contribution in [-0.2, 0) is 23.0 Å². The van der Waals surface area contributed by atoms with Gasteiger partial charge in [-0.3, -0.25) is 0 Å². The lowest BCUT2D eigenvalue weighted by molar-refractivity contribution is -0.166. The highest BCUT2D eigenvalue weighted by molar-refractivity contribution is 8.03. The number of aromatic nitrogens is 2. The molecule has 1 atom stereocenters. The molecule has 190 valence electrons. The van der Waals surface area contributed by atoms with Gasteiger partial charge in [-0.05, 0) is 79.3 Å². The summed E-state index contributed by atoms with van der Waals surface area (Å²) >= 11 is 13.6. The molecule has 9 heteroatoms. The van der Waals surface area contributed by atoms with Crippen LogP contribution in [0.25, 0.3) is 11.0 Å². The molecule has 0 bridgehead atoms. The molecular weight excluding hydrogens is 519 g/mol. The Kier molecular flexibility index (Phi) is 7.16. The van der Waals surface area contributed by atoms with Gasteiger partial charge in [0.15, 0.2) is 5.16 Å². The van der Waals surface area contributed by atoms with E-state index in [0.717, 1.165) is 54.0 Å². The molecule has 1 aliphatic carbocycles. The van der Waals surface area contributed by atoms with E-state index in [1.807, 2.05) is 35.9 Å². The van der Waals surface area contributed by atoms with Gasteiger partial charge >= 0.3 is 5.97 Å². The Morgan fingerprint density at radius 1 is 1.22 bits per heavy atom. The largest absolute Gasteiger partial charge is 0.511 e. The molecule has 2 aromatic carbocycles. The molecule has 3 aromatic rings. The zero-order valence-electron chi connectivity index (χ0n) is 20.2. The minimum Gasteiger partial charge on any atom is -0.511 e. The summed E-state index contributed by atoms with van der Waals surface area (Å²) < 4.78 is 13.4. The molecule has 0 radical (unpaired) electrons. The Morgan fingerprint density at radius 3 is 2.69 bits per heavy atom. The number of ether oxygens (including phenoxy) is 2. The van der Waals surface area contributed by atoms with E-state index in [9.17, 15) is 9.90 Å². The van der Waals surface area contributed by atoms with Crippen LogP contribution in [0, 0.1) is 5.92 Å². The number of halogens is 2. The summed E-state index contributed by atoms with van der Waals surface area (Å²) in [6.45, 7) is 0. The number of methoxy groups -OCH3 is 1. The third-order valence-corrected chi connectivity index (χ3v) is 9.04. The Morgan fingerprint density at radius 2 is 2.00 bits per heavy atom. The van der Waals surface area contributed by atoms with Crippen molar-refractivity contribution in [2.45, 2.75) is 55.7 Å². The van der Waals surface area contributed by atoms with Crippen molar-refractivity contribution in [3.05, 3.63) is 62.7 Å². The lowest BCUT2D eigenvalue weighted by atomic mass is 9.77. The highest BCUT2D eigenvalue weighted by Crippen LogP contribution is 2.48. The summed E-state index contributed by atoms with van der Waals surface area (Å²) in [6, 6.07) is 11.2. The van der Waals surface area contributed by atoms with Gasteiger partial charge in [0, 0.05) is 18.5 Å². The van der Waals surface area contributed by atoms with Gasteiger partial charge in [-0.2, -0.15) is 0 Å². The highest BCUT2D eigenvalue weighted by Gasteiger charge is 2.48. The number of aryl methyl sites for hydroxylation is 2. The number of benzene rings is 2. The van der Waals surface area contributed by atoms with Gasteiger partial charge in [-0.25, -0.2) is 9.78 Å². The van der Waals surface area contributed by atoms with Gasteiger partial charge in [-0.15, -0.1) is 0 Å². The average molecular weight is 548 g/mol. The first-order valence-electron chi connectivity index (χ1n) is 12.1. The molecule has 0 spiro atoms. The summed E-state index contributed by atoms with van der Waals surface area (Å²) in [4.78, 5) is 18.2. The summed E-state index contributed by atoms with van der Waals surface area (Å²) in [7, 11) is 3.46. The predicted molar refractivity (Wildman–Crippen MR) is 143 cm³/mol. The van der Waals surface area contributed by atoms with Gasteiger partial charge in [0.2, 0.25) is 0 Å². The molecule has 1 N–H and O–H groups in total. The number of nitrogens with zero attached hydrogens (tertiary/aromatic N) is 2. The first kappa shape index (κ1) is 25.3. The fraction of sp³-hybridized carbons (Fsp3) is 0.407. The SMILES string of the molecule is COc1ccc(CCC2(C3CCCC3)CC(O)=C(Sc3nc4cc(Cl)ccc4n3C)C(=O)O2)cc1Cl. The van der Waals surface area contributed by atoms with Crippen LogP contribution in [0.3, 0.4) is 0 Å². The Balaban J connectivity index is 1.41. The van der Waals surface area contributed by atoms with Crippen LogP contribution >= 0.6 is 35.0 Å². The predicted octanol–water partition coefficient (Wildman–Crippen LogP) is 7.26. The van der Waals surface area contributed by atoms with E-state index in [1.54, 1.807) is 19.2 Å². The maximum Gasteiger partial charge on any atom is 0.349 e. The van der Waals surface area contributed by atoms with Gasteiger partial charge in [0.05, 0.1) is 23.2 Å². The van der Waals surface area contributed by atoms with E-state index < -0.39 is 11.6 Å². The van der Waals surface area contributed by atoms with Crippen LogP contribution in [0.5, 0.6) is 5.75 Å². The summed E-state index contributed by atoms with van der Waals surface area (Å²) in [5, 5.41) is 12.9. The van der Waals surface area contributed by atoms with Crippen LogP contribution in [0.2, 0.25) is 10.0 Å². The van der Waals surface area contributed by atoms with E-state index in [1.165, 1.54) is 0 Å².